The number of thiol groups is 1. The van der Waals surface area contributed by atoms with Crippen LogP contribution in [0.2, 0.25) is 0 Å². The van der Waals surface area contributed by atoms with E-state index in [2.05, 4.69) is 12.6 Å². The molecule has 2 nitrogen and oxygen atoms in total. The van der Waals surface area contributed by atoms with Crippen LogP contribution in [0.1, 0.15) is 26.3 Å². The van der Waals surface area contributed by atoms with Crippen molar-refractivity contribution in [1.82, 2.24) is 0 Å². The molecule has 0 aliphatic carbocycles. The molecule has 78 valence electrons. The van der Waals surface area contributed by atoms with Gasteiger partial charge in [0.15, 0.2) is 0 Å². The molecule has 0 bridgehead atoms. The van der Waals surface area contributed by atoms with E-state index in [0.29, 0.717) is 5.71 Å². The van der Waals surface area contributed by atoms with Crippen LogP contribution in [0.4, 0.5) is 0 Å². The monoisotopic (exact) mass is 210 g/mol. The van der Waals surface area contributed by atoms with Gasteiger partial charge in [-0.25, -0.2) is 0 Å². The minimum atomic E-state index is -0.238. The molecule has 14 heavy (non-hydrogen) atoms. The van der Waals surface area contributed by atoms with Crippen molar-refractivity contribution in [1.29, 1.82) is 5.41 Å². The molecule has 0 radical (unpaired) electrons. The van der Waals surface area contributed by atoms with Gasteiger partial charge in [-0.3, -0.25) is 0 Å². The van der Waals surface area contributed by atoms with E-state index in [-0.39, 0.29) is 6.04 Å². The zero-order chi connectivity index (χ0) is 11.1. The molecule has 0 aromatic heterocycles. The van der Waals surface area contributed by atoms with Crippen molar-refractivity contribution in [2.75, 3.05) is 0 Å². The van der Waals surface area contributed by atoms with Crippen LogP contribution in [-0.4, -0.2) is 11.8 Å². The van der Waals surface area contributed by atoms with Crippen molar-refractivity contribution in [3.63, 3.8) is 0 Å². The molecule has 0 spiro atoms. The molecule has 0 amide bonds. The van der Waals surface area contributed by atoms with Gasteiger partial charge in [-0.05, 0) is 13.0 Å². The molecular weight excluding hydrogens is 192 g/mol. The maximum Gasteiger partial charge on any atom is 0.0561 e. The summed E-state index contributed by atoms with van der Waals surface area (Å²) in [5.41, 5.74) is 6.83. The molecule has 0 saturated carbocycles. The van der Waals surface area contributed by atoms with Crippen LogP contribution in [0.25, 0.3) is 0 Å². The molecule has 0 aliphatic rings. The van der Waals surface area contributed by atoms with E-state index in [1.54, 1.807) is 6.92 Å². The highest BCUT2D eigenvalue weighted by molar-refractivity contribution is 7.80. The second-order valence-corrected chi connectivity index (χ2v) is 3.20. The van der Waals surface area contributed by atoms with Gasteiger partial charge in [0, 0.05) is 16.5 Å². The molecule has 0 aliphatic heterocycles. The number of hydrogen-bond acceptors (Lipinski definition) is 3. The maximum atomic E-state index is 7.65. The topological polar surface area (TPSA) is 49.9 Å². The predicted octanol–water partition coefficient (Wildman–Crippen LogP) is 2.72. The Kier molecular flexibility index (Phi) is 6.25. The lowest BCUT2D eigenvalue weighted by Crippen LogP contribution is -2.26. The minimum absolute atomic E-state index is 0.238. The minimum Gasteiger partial charge on any atom is -0.323 e. The Bertz CT molecular complexity index is 295. The van der Waals surface area contributed by atoms with E-state index in [9.17, 15) is 0 Å². The second-order valence-electron chi connectivity index (χ2n) is 2.72. The molecule has 1 rings (SSSR count). The van der Waals surface area contributed by atoms with Gasteiger partial charge in [0.2, 0.25) is 0 Å². The fourth-order valence-corrected chi connectivity index (χ4v) is 1.23. The van der Waals surface area contributed by atoms with Crippen molar-refractivity contribution in [3.05, 3.63) is 29.8 Å². The Morgan fingerprint density at radius 3 is 2.29 bits per heavy atom. The van der Waals surface area contributed by atoms with Gasteiger partial charge >= 0.3 is 0 Å². The molecule has 1 unspecified atom stereocenters. The summed E-state index contributed by atoms with van der Waals surface area (Å²) in [4.78, 5) is 0.805. The highest BCUT2D eigenvalue weighted by atomic mass is 32.1. The number of nitrogens with two attached hydrogens (primary N) is 1. The lowest BCUT2D eigenvalue weighted by molar-refractivity contribution is 0.961. The van der Waals surface area contributed by atoms with Gasteiger partial charge in [-0.15, -0.1) is 12.6 Å². The van der Waals surface area contributed by atoms with Crippen molar-refractivity contribution in [2.24, 2.45) is 5.73 Å². The molecule has 0 saturated heterocycles. The summed E-state index contributed by atoms with van der Waals surface area (Å²) in [5.74, 6) is 0. The summed E-state index contributed by atoms with van der Waals surface area (Å²) in [6.07, 6.45) is 0. The average molecular weight is 210 g/mol. The zero-order valence-corrected chi connectivity index (χ0v) is 9.81. The standard InChI is InChI=1S/C9H12N2S.C2H6/c1-6(10)9(11)7-4-2-3-5-8(7)12;1-2/h2-6,11-12H,10H2,1H3;1-2H3. The summed E-state index contributed by atoms with van der Waals surface area (Å²) in [6, 6.07) is 7.24. The quantitative estimate of drug-likeness (QED) is 0.510. The van der Waals surface area contributed by atoms with Crippen molar-refractivity contribution in [3.8, 4) is 0 Å². The maximum absolute atomic E-state index is 7.65. The van der Waals surface area contributed by atoms with E-state index < -0.39 is 0 Å². The van der Waals surface area contributed by atoms with E-state index in [4.69, 9.17) is 11.1 Å². The van der Waals surface area contributed by atoms with E-state index in [0.717, 1.165) is 10.5 Å². The first kappa shape index (κ1) is 13.2. The number of nitrogens with one attached hydrogen (secondary N) is 1. The summed E-state index contributed by atoms with van der Waals surface area (Å²) in [7, 11) is 0. The Morgan fingerprint density at radius 1 is 1.36 bits per heavy atom. The van der Waals surface area contributed by atoms with E-state index >= 15 is 0 Å². The Balaban J connectivity index is 0.000000791. The van der Waals surface area contributed by atoms with Gasteiger partial charge in [-0.2, -0.15) is 0 Å². The summed E-state index contributed by atoms with van der Waals surface area (Å²) >= 11 is 4.24. The third-order valence-corrected chi connectivity index (χ3v) is 2.04. The Labute approximate surface area is 91.4 Å². The van der Waals surface area contributed by atoms with Gasteiger partial charge in [0.25, 0.3) is 0 Å². The Morgan fingerprint density at radius 2 is 1.86 bits per heavy atom. The smallest absolute Gasteiger partial charge is 0.0561 e. The number of benzene rings is 1. The largest absolute Gasteiger partial charge is 0.323 e. The van der Waals surface area contributed by atoms with Gasteiger partial charge in [-0.1, -0.05) is 32.0 Å². The zero-order valence-electron chi connectivity index (χ0n) is 8.91. The van der Waals surface area contributed by atoms with Crippen LogP contribution in [0.5, 0.6) is 0 Å². The van der Waals surface area contributed by atoms with Gasteiger partial charge in [0.1, 0.15) is 0 Å². The van der Waals surface area contributed by atoms with Gasteiger partial charge in [0.05, 0.1) is 5.71 Å². The summed E-state index contributed by atoms with van der Waals surface area (Å²) < 4.78 is 0. The summed E-state index contributed by atoms with van der Waals surface area (Å²) in [5, 5.41) is 7.65. The fourth-order valence-electron chi connectivity index (χ4n) is 0.947. The van der Waals surface area contributed by atoms with Crippen LogP contribution >= 0.6 is 12.6 Å². The first-order chi connectivity index (χ1) is 6.63. The number of rotatable bonds is 2. The SMILES string of the molecule is CC.CC(N)C(=N)c1ccccc1S. The number of hydrogen-bond donors (Lipinski definition) is 3. The second kappa shape index (κ2) is 6.62. The van der Waals surface area contributed by atoms with E-state index in [1.807, 2.05) is 38.1 Å². The van der Waals surface area contributed by atoms with Crippen LogP contribution < -0.4 is 5.73 Å². The summed E-state index contributed by atoms with van der Waals surface area (Å²) in [6.45, 7) is 5.79. The van der Waals surface area contributed by atoms with Crippen molar-refractivity contribution >= 4 is 18.3 Å². The predicted molar refractivity (Wildman–Crippen MR) is 65.5 cm³/mol. The first-order valence-electron chi connectivity index (χ1n) is 4.75. The molecule has 1 aromatic rings. The van der Waals surface area contributed by atoms with E-state index in [1.165, 1.54) is 0 Å². The van der Waals surface area contributed by atoms with Crippen LogP contribution in [-0.2, 0) is 0 Å². The van der Waals surface area contributed by atoms with Crippen LogP contribution in [0.15, 0.2) is 29.2 Å². The highest BCUT2D eigenvalue weighted by Gasteiger charge is 2.07. The highest BCUT2D eigenvalue weighted by Crippen LogP contribution is 2.14. The van der Waals surface area contributed by atoms with Crippen LogP contribution in [0.3, 0.4) is 0 Å². The lowest BCUT2D eigenvalue weighted by atomic mass is 10.1. The van der Waals surface area contributed by atoms with Crippen molar-refractivity contribution < 1.29 is 0 Å². The molecule has 1 aromatic carbocycles. The molecule has 3 heteroatoms. The van der Waals surface area contributed by atoms with Crippen molar-refractivity contribution in [2.45, 2.75) is 31.7 Å². The molecule has 0 heterocycles. The Hall–Kier alpha value is -0.800. The molecule has 0 fully saturated rings. The van der Waals surface area contributed by atoms with Crippen LogP contribution in [0, 0.1) is 5.41 Å². The normalized spacial score (nSPS) is 11.2. The third kappa shape index (κ3) is 3.52. The lowest BCUT2D eigenvalue weighted by Gasteiger charge is -2.09. The third-order valence-electron chi connectivity index (χ3n) is 1.65. The molecule has 1 atom stereocenters. The fraction of sp³-hybridized carbons (Fsp3) is 0.364. The first-order valence-corrected chi connectivity index (χ1v) is 5.20. The molecule has 3 N–H and O–H groups in total. The molecular formula is C11H18N2S. The average Bonchev–Trinajstić information content (AvgIpc) is 2.20. The van der Waals surface area contributed by atoms with Gasteiger partial charge < -0.3 is 11.1 Å².